The van der Waals surface area contributed by atoms with Gasteiger partial charge in [0.1, 0.15) is 5.75 Å². The van der Waals surface area contributed by atoms with Gasteiger partial charge >= 0.3 is 0 Å². The third kappa shape index (κ3) is 2.42. The summed E-state index contributed by atoms with van der Waals surface area (Å²) >= 11 is 0. The van der Waals surface area contributed by atoms with Crippen molar-refractivity contribution < 1.29 is 9.15 Å². The Bertz CT molecular complexity index is 686. The van der Waals surface area contributed by atoms with Crippen molar-refractivity contribution in [1.29, 1.82) is 0 Å². The number of aromatic nitrogens is 2. The van der Waals surface area contributed by atoms with Crippen molar-refractivity contribution in [3.05, 3.63) is 53.5 Å². The Balaban J connectivity index is 1.80. The van der Waals surface area contributed by atoms with Gasteiger partial charge in [-0.1, -0.05) is 12.1 Å². The van der Waals surface area contributed by atoms with Crippen molar-refractivity contribution in [2.24, 2.45) is 0 Å². The Labute approximate surface area is 111 Å². The second-order valence-corrected chi connectivity index (χ2v) is 4.49. The lowest BCUT2D eigenvalue weighted by atomic mass is 10.1. The van der Waals surface area contributed by atoms with E-state index in [1.54, 1.807) is 6.20 Å². The number of fused-ring (bicyclic) bond motifs is 1. The van der Waals surface area contributed by atoms with E-state index in [1.807, 2.05) is 38.1 Å². The van der Waals surface area contributed by atoms with Gasteiger partial charge in [-0.05, 0) is 43.2 Å². The Morgan fingerprint density at radius 2 is 2.11 bits per heavy atom. The lowest BCUT2D eigenvalue weighted by Gasteiger charge is -2.07. The summed E-state index contributed by atoms with van der Waals surface area (Å²) in [5.41, 5.74) is 3.56. The van der Waals surface area contributed by atoms with Crippen LogP contribution in [-0.4, -0.2) is 9.97 Å². The van der Waals surface area contributed by atoms with Crippen LogP contribution in [0.3, 0.4) is 0 Å². The zero-order chi connectivity index (χ0) is 13.2. The molecule has 4 heteroatoms. The van der Waals surface area contributed by atoms with Gasteiger partial charge in [-0.15, -0.1) is 0 Å². The molecule has 0 N–H and O–H groups in total. The molecule has 0 bridgehead atoms. The van der Waals surface area contributed by atoms with Gasteiger partial charge in [-0.25, -0.2) is 4.98 Å². The zero-order valence-corrected chi connectivity index (χ0v) is 10.9. The van der Waals surface area contributed by atoms with Crippen LogP contribution in [0.2, 0.25) is 0 Å². The topological polar surface area (TPSA) is 48.2 Å². The van der Waals surface area contributed by atoms with Crippen LogP contribution in [0.4, 0.5) is 0 Å². The van der Waals surface area contributed by atoms with Crippen molar-refractivity contribution >= 4 is 11.2 Å². The number of ether oxygens (including phenoxy) is 1. The molecule has 1 aromatic carbocycles. The summed E-state index contributed by atoms with van der Waals surface area (Å²) in [7, 11) is 0. The first kappa shape index (κ1) is 11.7. The Hall–Kier alpha value is -2.36. The summed E-state index contributed by atoms with van der Waals surface area (Å²) < 4.78 is 11.3. The minimum atomic E-state index is 0.306. The van der Waals surface area contributed by atoms with Gasteiger partial charge in [0.2, 0.25) is 5.89 Å². The van der Waals surface area contributed by atoms with Crippen molar-refractivity contribution in [2.75, 3.05) is 0 Å². The zero-order valence-electron chi connectivity index (χ0n) is 10.9. The van der Waals surface area contributed by atoms with E-state index < -0.39 is 0 Å². The van der Waals surface area contributed by atoms with Gasteiger partial charge in [0.05, 0.1) is 0 Å². The van der Waals surface area contributed by atoms with Gasteiger partial charge in [0.25, 0.3) is 0 Å². The molecule has 0 saturated heterocycles. The van der Waals surface area contributed by atoms with E-state index in [9.17, 15) is 0 Å². The predicted molar refractivity (Wildman–Crippen MR) is 72.1 cm³/mol. The molecule has 0 spiro atoms. The van der Waals surface area contributed by atoms with Gasteiger partial charge < -0.3 is 9.15 Å². The molecule has 0 atom stereocenters. The predicted octanol–water partition coefficient (Wildman–Crippen LogP) is 3.42. The van der Waals surface area contributed by atoms with Crippen molar-refractivity contribution in [1.82, 2.24) is 9.97 Å². The van der Waals surface area contributed by atoms with Crippen LogP contribution in [0.15, 0.2) is 40.9 Å². The number of hydrogen-bond donors (Lipinski definition) is 0. The minimum absolute atomic E-state index is 0.306. The fourth-order valence-corrected chi connectivity index (χ4v) is 1.88. The summed E-state index contributed by atoms with van der Waals surface area (Å²) in [5.74, 6) is 1.39. The van der Waals surface area contributed by atoms with Crippen LogP contribution < -0.4 is 4.74 Å². The maximum Gasteiger partial charge on any atom is 0.235 e. The Kier molecular flexibility index (Phi) is 2.91. The fourth-order valence-electron chi connectivity index (χ4n) is 1.88. The number of nitrogens with zero attached hydrogens (tertiary/aromatic N) is 2. The number of aryl methyl sites for hydroxylation is 2. The number of benzene rings is 1. The maximum absolute atomic E-state index is 5.75. The molecule has 96 valence electrons. The molecule has 0 radical (unpaired) electrons. The molecule has 0 fully saturated rings. The van der Waals surface area contributed by atoms with Gasteiger partial charge in [0.15, 0.2) is 17.8 Å². The lowest BCUT2D eigenvalue weighted by Crippen LogP contribution is -1.97. The largest absolute Gasteiger partial charge is 0.484 e. The third-order valence-electron chi connectivity index (χ3n) is 2.90. The van der Waals surface area contributed by atoms with E-state index in [4.69, 9.17) is 9.15 Å². The molecule has 0 aliphatic carbocycles. The van der Waals surface area contributed by atoms with E-state index in [0.29, 0.717) is 23.7 Å². The highest BCUT2D eigenvalue weighted by Crippen LogP contribution is 2.21. The standard InChI is InChI=1S/C15H14N2O2/c1-10-5-6-11(2)13(8-10)18-9-14-17-15-12(19-14)4-3-7-16-15/h3-8H,9H2,1-2H3. The summed E-state index contributed by atoms with van der Waals surface area (Å²) in [4.78, 5) is 8.41. The van der Waals surface area contributed by atoms with E-state index in [1.165, 1.54) is 5.56 Å². The molecule has 0 aliphatic rings. The van der Waals surface area contributed by atoms with Crippen LogP contribution >= 0.6 is 0 Å². The van der Waals surface area contributed by atoms with Crippen molar-refractivity contribution in [2.45, 2.75) is 20.5 Å². The van der Waals surface area contributed by atoms with Crippen LogP contribution in [0.5, 0.6) is 5.75 Å². The second kappa shape index (κ2) is 4.72. The molecule has 0 amide bonds. The van der Waals surface area contributed by atoms with Gasteiger partial charge in [-0.2, -0.15) is 4.98 Å². The van der Waals surface area contributed by atoms with Crippen LogP contribution in [0.1, 0.15) is 17.0 Å². The summed E-state index contributed by atoms with van der Waals surface area (Å²) in [6.45, 7) is 4.36. The molecule has 0 unspecified atom stereocenters. The molecule has 0 aliphatic heterocycles. The fraction of sp³-hybridized carbons (Fsp3) is 0.200. The van der Waals surface area contributed by atoms with Crippen molar-refractivity contribution in [3.8, 4) is 5.75 Å². The number of hydrogen-bond acceptors (Lipinski definition) is 4. The summed E-state index contributed by atoms with van der Waals surface area (Å²) in [5, 5.41) is 0. The highest BCUT2D eigenvalue weighted by Gasteiger charge is 2.07. The minimum Gasteiger partial charge on any atom is -0.484 e. The molecule has 2 heterocycles. The summed E-state index contributed by atoms with van der Waals surface area (Å²) in [6, 6.07) is 9.78. The molecular weight excluding hydrogens is 240 g/mol. The van der Waals surface area contributed by atoms with Crippen molar-refractivity contribution in [3.63, 3.8) is 0 Å². The third-order valence-corrected chi connectivity index (χ3v) is 2.90. The lowest BCUT2D eigenvalue weighted by molar-refractivity contribution is 0.265. The second-order valence-electron chi connectivity index (χ2n) is 4.49. The van der Waals surface area contributed by atoms with Crippen LogP contribution in [0.25, 0.3) is 11.2 Å². The first-order valence-electron chi connectivity index (χ1n) is 6.13. The first-order valence-corrected chi connectivity index (χ1v) is 6.13. The average Bonchev–Trinajstić information content (AvgIpc) is 2.82. The van der Waals surface area contributed by atoms with E-state index in [2.05, 4.69) is 16.0 Å². The monoisotopic (exact) mass is 254 g/mol. The van der Waals surface area contributed by atoms with Crippen LogP contribution in [0, 0.1) is 13.8 Å². The SMILES string of the molecule is Cc1ccc(C)c(OCc2nc3ncccc3o2)c1. The molecule has 3 aromatic rings. The highest BCUT2D eigenvalue weighted by atomic mass is 16.5. The van der Waals surface area contributed by atoms with Crippen LogP contribution in [-0.2, 0) is 6.61 Å². The van der Waals surface area contributed by atoms with Gasteiger partial charge in [-0.3, -0.25) is 0 Å². The average molecular weight is 254 g/mol. The highest BCUT2D eigenvalue weighted by molar-refractivity contribution is 5.66. The number of oxazole rings is 1. The Morgan fingerprint density at radius 3 is 2.95 bits per heavy atom. The first-order chi connectivity index (χ1) is 9.22. The van der Waals surface area contributed by atoms with E-state index in [0.717, 1.165) is 11.3 Å². The molecule has 3 rings (SSSR count). The molecule has 2 aromatic heterocycles. The molecule has 4 nitrogen and oxygen atoms in total. The maximum atomic E-state index is 5.75. The van der Waals surface area contributed by atoms with Gasteiger partial charge in [0, 0.05) is 6.20 Å². The summed E-state index contributed by atoms with van der Waals surface area (Å²) in [6.07, 6.45) is 1.69. The normalized spacial score (nSPS) is 10.8. The molecule has 19 heavy (non-hydrogen) atoms. The van der Waals surface area contributed by atoms with E-state index >= 15 is 0 Å². The quantitative estimate of drug-likeness (QED) is 0.718. The van der Waals surface area contributed by atoms with E-state index in [-0.39, 0.29) is 0 Å². The molecule has 0 saturated carbocycles. The smallest absolute Gasteiger partial charge is 0.235 e. The molecular formula is C15H14N2O2. The number of pyridine rings is 1. The Morgan fingerprint density at radius 1 is 1.21 bits per heavy atom. The number of rotatable bonds is 3.